The van der Waals surface area contributed by atoms with Crippen molar-refractivity contribution in [2.45, 2.75) is 6.92 Å². The minimum Gasteiger partial charge on any atom is -0.505 e. The van der Waals surface area contributed by atoms with E-state index in [0.717, 1.165) is 21.6 Å². The Morgan fingerprint density at radius 3 is 2.79 bits per heavy atom. The zero-order chi connectivity index (χ0) is 10.3. The van der Waals surface area contributed by atoms with Gasteiger partial charge in [-0.15, -0.1) is 11.3 Å². The van der Waals surface area contributed by atoms with Crippen LogP contribution in [0.4, 0.5) is 0 Å². The van der Waals surface area contributed by atoms with Crippen LogP contribution < -0.4 is 0 Å². The zero-order valence-corrected chi connectivity index (χ0v) is 8.26. The van der Waals surface area contributed by atoms with E-state index in [-0.39, 0.29) is 10.6 Å². The molecule has 0 atom stereocenters. The summed E-state index contributed by atoms with van der Waals surface area (Å²) in [6.45, 7) is 1.90. The monoisotopic (exact) mass is 208 g/mol. The topological polar surface area (TPSA) is 57.5 Å². The summed E-state index contributed by atoms with van der Waals surface area (Å²) in [6, 6.07) is 5.50. The average Bonchev–Trinajstić information content (AvgIpc) is 2.44. The van der Waals surface area contributed by atoms with Gasteiger partial charge in [-0.05, 0) is 19.1 Å². The van der Waals surface area contributed by atoms with Gasteiger partial charge in [-0.3, -0.25) is 0 Å². The van der Waals surface area contributed by atoms with E-state index in [0.29, 0.717) is 5.39 Å². The summed E-state index contributed by atoms with van der Waals surface area (Å²) in [5.74, 6) is -1.21. The molecule has 1 aromatic heterocycles. The van der Waals surface area contributed by atoms with E-state index in [1.54, 1.807) is 6.07 Å². The molecule has 2 N–H and O–H groups in total. The van der Waals surface area contributed by atoms with Crippen molar-refractivity contribution >= 4 is 27.4 Å². The second-order valence-corrected chi connectivity index (χ2v) is 4.14. The lowest BCUT2D eigenvalue weighted by molar-refractivity contribution is 0.0699. The Hall–Kier alpha value is -1.55. The Balaban J connectivity index is 2.80. The fourth-order valence-electron chi connectivity index (χ4n) is 1.34. The fourth-order valence-corrected chi connectivity index (χ4v) is 2.26. The van der Waals surface area contributed by atoms with Crippen LogP contribution in [0.5, 0.6) is 5.75 Å². The summed E-state index contributed by atoms with van der Waals surface area (Å²) in [6.07, 6.45) is 0. The quantitative estimate of drug-likeness (QED) is 0.757. The molecule has 0 aliphatic rings. The smallest absolute Gasteiger partial charge is 0.349 e. The molecule has 4 heteroatoms. The molecule has 1 aromatic carbocycles. The normalized spacial score (nSPS) is 10.6. The van der Waals surface area contributed by atoms with Gasteiger partial charge in [0.05, 0.1) is 0 Å². The van der Waals surface area contributed by atoms with Gasteiger partial charge in [0, 0.05) is 10.1 Å². The van der Waals surface area contributed by atoms with Crippen LogP contribution in [-0.4, -0.2) is 16.2 Å². The second kappa shape index (κ2) is 2.99. The molecule has 2 rings (SSSR count). The van der Waals surface area contributed by atoms with Crippen molar-refractivity contribution in [1.82, 2.24) is 0 Å². The van der Waals surface area contributed by atoms with E-state index >= 15 is 0 Å². The molecule has 0 amide bonds. The predicted molar refractivity (Wildman–Crippen MR) is 55.2 cm³/mol. The van der Waals surface area contributed by atoms with Crippen LogP contribution in [-0.2, 0) is 0 Å². The summed E-state index contributed by atoms with van der Waals surface area (Å²) >= 11 is 1.09. The number of rotatable bonds is 1. The molecule has 14 heavy (non-hydrogen) atoms. The zero-order valence-electron chi connectivity index (χ0n) is 7.44. The van der Waals surface area contributed by atoms with Crippen molar-refractivity contribution in [2.24, 2.45) is 0 Å². The number of aryl methyl sites for hydroxylation is 1. The van der Waals surface area contributed by atoms with Gasteiger partial charge in [-0.1, -0.05) is 11.6 Å². The first-order chi connectivity index (χ1) is 6.59. The highest BCUT2D eigenvalue weighted by atomic mass is 32.1. The number of aromatic hydroxyl groups is 1. The fraction of sp³-hybridized carbons (Fsp3) is 0.100. The number of fused-ring (bicyclic) bond motifs is 1. The van der Waals surface area contributed by atoms with Crippen molar-refractivity contribution in [3.63, 3.8) is 0 Å². The molecule has 3 nitrogen and oxygen atoms in total. The molecule has 0 aliphatic carbocycles. The number of thiophene rings is 1. The minimum absolute atomic E-state index is 0.00519. The first kappa shape index (κ1) is 9.02. The highest BCUT2D eigenvalue weighted by Crippen LogP contribution is 2.37. The van der Waals surface area contributed by atoms with Crippen LogP contribution in [0, 0.1) is 6.92 Å². The van der Waals surface area contributed by atoms with E-state index in [9.17, 15) is 9.90 Å². The minimum atomic E-state index is -1.08. The van der Waals surface area contributed by atoms with E-state index in [4.69, 9.17) is 5.11 Å². The first-order valence-corrected chi connectivity index (χ1v) is 4.86. The van der Waals surface area contributed by atoms with Gasteiger partial charge < -0.3 is 10.2 Å². The lowest BCUT2D eigenvalue weighted by Gasteiger charge is -1.93. The van der Waals surface area contributed by atoms with Crippen molar-refractivity contribution < 1.29 is 15.0 Å². The maximum atomic E-state index is 10.7. The average molecular weight is 208 g/mol. The Labute approximate surface area is 84.2 Å². The third-order valence-corrected chi connectivity index (χ3v) is 3.16. The number of aromatic carboxylic acids is 1. The largest absolute Gasteiger partial charge is 0.505 e. The Morgan fingerprint density at radius 1 is 1.43 bits per heavy atom. The van der Waals surface area contributed by atoms with Crippen LogP contribution in [0.1, 0.15) is 15.2 Å². The molecule has 0 bridgehead atoms. The molecule has 0 unspecified atom stereocenters. The molecule has 72 valence electrons. The lowest BCUT2D eigenvalue weighted by Crippen LogP contribution is -1.90. The number of carbonyl (C=O) groups is 1. The van der Waals surface area contributed by atoms with E-state index in [1.807, 2.05) is 19.1 Å². The maximum Gasteiger partial charge on any atom is 0.349 e. The summed E-state index contributed by atoms with van der Waals surface area (Å²) in [5, 5.41) is 19.0. The molecule has 0 radical (unpaired) electrons. The van der Waals surface area contributed by atoms with Crippen LogP contribution in [0.25, 0.3) is 10.1 Å². The highest BCUT2D eigenvalue weighted by Gasteiger charge is 2.16. The van der Waals surface area contributed by atoms with Gasteiger partial charge in [0.25, 0.3) is 0 Å². The SMILES string of the molecule is Cc1ccc2sc(C(=O)O)c(O)c2c1. The van der Waals surface area contributed by atoms with Crippen LogP contribution >= 0.6 is 11.3 Å². The van der Waals surface area contributed by atoms with E-state index < -0.39 is 5.97 Å². The molecular formula is C10H8O3S. The predicted octanol–water partition coefficient (Wildman–Crippen LogP) is 2.61. The Kier molecular flexibility index (Phi) is 1.93. The molecule has 0 aliphatic heterocycles. The molecule has 2 aromatic rings. The molecule has 0 saturated heterocycles. The summed E-state index contributed by atoms with van der Waals surface area (Å²) in [7, 11) is 0. The molecule has 0 saturated carbocycles. The number of hydrogen-bond acceptors (Lipinski definition) is 3. The van der Waals surface area contributed by atoms with Gasteiger partial charge in [0.15, 0.2) is 4.88 Å². The number of benzene rings is 1. The molecule has 0 spiro atoms. The molecule has 1 heterocycles. The third kappa shape index (κ3) is 1.24. The first-order valence-electron chi connectivity index (χ1n) is 4.05. The van der Waals surface area contributed by atoms with Crippen LogP contribution in [0.2, 0.25) is 0 Å². The number of carboxylic acids is 1. The van der Waals surface area contributed by atoms with Crippen molar-refractivity contribution in [3.05, 3.63) is 28.6 Å². The van der Waals surface area contributed by atoms with Crippen molar-refractivity contribution in [3.8, 4) is 5.75 Å². The van der Waals surface area contributed by atoms with Gasteiger partial charge in [0.2, 0.25) is 0 Å². The second-order valence-electron chi connectivity index (χ2n) is 3.08. The van der Waals surface area contributed by atoms with Crippen molar-refractivity contribution in [2.75, 3.05) is 0 Å². The summed E-state index contributed by atoms with van der Waals surface area (Å²) in [5.41, 5.74) is 1.00. The van der Waals surface area contributed by atoms with Crippen LogP contribution in [0.3, 0.4) is 0 Å². The number of hydrogen-bond donors (Lipinski definition) is 2. The lowest BCUT2D eigenvalue weighted by atomic mass is 10.2. The van der Waals surface area contributed by atoms with Gasteiger partial charge >= 0.3 is 5.97 Å². The standard InChI is InChI=1S/C10H8O3S/c1-5-2-3-7-6(4-5)8(11)9(14-7)10(12)13/h2-4,11H,1H3,(H,12,13). The van der Waals surface area contributed by atoms with Gasteiger partial charge in [0.1, 0.15) is 5.75 Å². The summed E-state index contributed by atoms with van der Waals surface area (Å²) < 4.78 is 0.797. The van der Waals surface area contributed by atoms with Crippen molar-refractivity contribution in [1.29, 1.82) is 0 Å². The highest BCUT2D eigenvalue weighted by molar-refractivity contribution is 7.21. The maximum absolute atomic E-state index is 10.7. The third-order valence-electron chi connectivity index (χ3n) is 2.01. The van der Waals surface area contributed by atoms with Gasteiger partial charge in [-0.25, -0.2) is 4.79 Å². The molecular weight excluding hydrogens is 200 g/mol. The van der Waals surface area contributed by atoms with E-state index in [2.05, 4.69) is 0 Å². The number of carboxylic acid groups (broad SMARTS) is 1. The summed E-state index contributed by atoms with van der Waals surface area (Å²) in [4.78, 5) is 10.7. The van der Waals surface area contributed by atoms with Crippen LogP contribution in [0.15, 0.2) is 18.2 Å². The van der Waals surface area contributed by atoms with E-state index in [1.165, 1.54) is 0 Å². The Bertz CT molecular complexity index is 513. The molecule has 0 fully saturated rings. The Morgan fingerprint density at radius 2 is 2.14 bits per heavy atom. The van der Waals surface area contributed by atoms with Gasteiger partial charge in [-0.2, -0.15) is 0 Å².